The molecule has 0 aromatic carbocycles. The molecule has 1 aliphatic rings. The Bertz CT molecular complexity index is 354. The number of alkyl halides is 6. The first-order chi connectivity index (χ1) is 9.46. The topological polar surface area (TPSA) is 65.1 Å². The molecule has 0 amide bonds. The maximum Gasteiger partial charge on any atom is 0.308 e. The molecule has 1 rings (SSSR count). The molecule has 0 spiro atoms. The number of rotatable bonds is 6. The molecule has 1 heterocycles. The second-order valence-electron chi connectivity index (χ2n) is 4.17. The Balaban J connectivity index is 2.17. The van der Waals surface area contributed by atoms with Gasteiger partial charge in [-0.3, -0.25) is 9.59 Å². The summed E-state index contributed by atoms with van der Waals surface area (Å²) in [5.74, 6) is -1.19. The quantitative estimate of drug-likeness (QED) is 0.373. The van der Waals surface area contributed by atoms with Gasteiger partial charge in [0.25, 0.3) is 0 Å². The van der Waals surface area contributed by atoms with Crippen LogP contribution in [0.3, 0.4) is 0 Å². The van der Waals surface area contributed by atoms with Crippen molar-refractivity contribution in [1.82, 2.24) is 0 Å². The number of carbonyl (C=O) groups excluding carboxylic acids is 2. The van der Waals surface area contributed by atoms with Crippen LogP contribution in [0, 0.1) is 0 Å². The second-order valence-corrected chi connectivity index (χ2v) is 9.21. The average Bonchev–Trinajstić information content (AvgIpc) is 3.00. The fourth-order valence-electron chi connectivity index (χ4n) is 1.31. The van der Waals surface area contributed by atoms with E-state index in [0.29, 0.717) is 0 Å². The van der Waals surface area contributed by atoms with Crippen LogP contribution in [0.5, 0.6) is 0 Å². The lowest BCUT2D eigenvalue weighted by Crippen LogP contribution is -2.20. The van der Waals surface area contributed by atoms with Crippen molar-refractivity contribution < 1.29 is 23.8 Å². The highest BCUT2D eigenvalue weighted by molar-refractivity contribution is 6.68. The minimum Gasteiger partial charge on any atom is -0.461 e. The first-order valence-corrected chi connectivity index (χ1v) is 7.83. The monoisotopic (exact) mass is 420 g/mol. The van der Waals surface area contributed by atoms with Crippen LogP contribution in [0.15, 0.2) is 0 Å². The summed E-state index contributed by atoms with van der Waals surface area (Å²) in [4.78, 5) is 22.8. The van der Waals surface area contributed by atoms with Crippen LogP contribution in [0.25, 0.3) is 0 Å². The van der Waals surface area contributed by atoms with Crippen molar-refractivity contribution >= 4 is 81.5 Å². The van der Waals surface area contributed by atoms with Gasteiger partial charge in [0.2, 0.25) is 7.59 Å². The highest BCUT2D eigenvalue weighted by Crippen LogP contribution is 2.31. The van der Waals surface area contributed by atoms with Crippen molar-refractivity contribution in [3.63, 3.8) is 0 Å². The SMILES string of the molecule is O=C(CC1OC1CC(=O)OCC(Cl)(Cl)Cl)OCC(Cl)(Cl)Cl. The van der Waals surface area contributed by atoms with Gasteiger partial charge >= 0.3 is 11.9 Å². The number of ether oxygens (including phenoxy) is 3. The van der Waals surface area contributed by atoms with Gasteiger partial charge in [0.15, 0.2) is 0 Å². The number of halogens is 6. The average molecular weight is 423 g/mol. The van der Waals surface area contributed by atoms with Gasteiger partial charge in [-0.2, -0.15) is 0 Å². The Morgan fingerprint density at radius 3 is 1.43 bits per heavy atom. The number of esters is 2. The maximum atomic E-state index is 11.4. The summed E-state index contributed by atoms with van der Waals surface area (Å²) >= 11 is 32.6. The lowest BCUT2D eigenvalue weighted by molar-refractivity contribution is -0.145. The predicted octanol–water partition coefficient (Wildman–Crippen LogP) is 3.36. The van der Waals surface area contributed by atoms with E-state index < -0.39 is 31.7 Å². The van der Waals surface area contributed by atoms with Crippen LogP contribution >= 0.6 is 69.6 Å². The third kappa shape index (κ3) is 10.1. The molecule has 2 unspecified atom stereocenters. The second kappa shape index (κ2) is 7.95. The molecule has 0 aromatic heterocycles. The van der Waals surface area contributed by atoms with Gasteiger partial charge < -0.3 is 14.2 Å². The molecule has 122 valence electrons. The highest BCUT2D eigenvalue weighted by atomic mass is 35.6. The largest absolute Gasteiger partial charge is 0.461 e. The summed E-state index contributed by atoms with van der Waals surface area (Å²) in [6.07, 6.45) is -0.979. The minimum absolute atomic E-state index is 0.0524. The molecule has 0 aromatic rings. The summed E-state index contributed by atoms with van der Waals surface area (Å²) in [5, 5.41) is 0. The summed E-state index contributed by atoms with van der Waals surface area (Å²) in [6.45, 7) is -0.724. The molecular weight excluding hydrogens is 413 g/mol. The van der Waals surface area contributed by atoms with Crippen LogP contribution < -0.4 is 0 Å². The van der Waals surface area contributed by atoms with Crippen molar-refractivity contribution in [2.75, 3.05) is 13.2 Å². The highest BCUT2D eigenvalue weighted by Gasteiger charge is 2.43. The van der Waals surface area contributed by atoms with Gasteiger partial charge in [-0.15, -0.1) is 0 Å². The van der Waals surface area contributed by atoms with Gasteiger partial charge in [0.1, 0.15) is 13.2 Å². The fourth-order valence-corrected chi connectivity index (χ4v) is 1.64. The van der Waals surface area contributed by atoms with Gasteiger partial charge in [-0.25, -0.2) is 0 Å². The molecule has 1 saturated heterocycles. The first-order valence-electron chi connectivity index (χ1n) is 5.56. The third-order valence-corrected chi connectivity index (χ3v) is 2.87. The number of epoxide rings is 1. The lowest BCUT2D eigenvalue weighted by atomic mass is 10.2. The van der Waals surface area contributed by atoms with E-state index in [0.717, 1.165) is 0 Å². The summed E-state index contributed by atoms with van der Waals surface area (Å²) in [6, 6.07) is 0. The van der Waals surface area contributed by atoms with Crippen molar-refractivity contribution in [2.45, 2.75) is 32.6 Å². The van der Waals surface area contributed by atoms with Crippen LogP contribution in [-0.2, 0) is 23.8 Å². The lowest BCUT2D eigenvalue weighted by Gasteiger charge is -2.11. The molecule has 0 saturated carbocycles. The Morgan fingerprint density at radius 1 is 0.810 bits per heavy atom. The summed E-state index contributed by atoms with van der Waals surface area (Å²) < 4.78 is 11.2. The zero-order valence-electron chi connectivity index (χ0n) is 10.3. The zero-order valence-corrected chi connectivity index (χ0v) is 14.8. The van der Waals surface area contributed by atoms with Gasteiger partial charge in [0, 0.05) is 0 Å². The normalized spacial score (nSPS) is 21.8. The molecular formula is C10H10Cl6O5. The fraction of sp³-hybridized carbons (Fsp3) is 0.800. The number of hydrogen-bond acceptors (Lipinski definition) is 5. The summed E-state index contributed by atoms with van der Waals surface area (Å²) in [5.41, 5.74) is 0. The van der Waals surface area contributed by atoms with E-state index in [1.54, 1.807) is 0 Å². The summed E-state index contributed by atoms with van der Waals surface area (Å²) in [7, 11) is 0. The van der Waals surface area contributed by atoms with Crippen LogP contribution in [0.4, 0.5) is 0 Å². The van der Waals surface area contributed by atoms with E-state index in [9.17, 15) is 9.59 Å². The standard InChI is InChI=1S/C10H10Cl6O5/c11-9(12,13)3-19-7(17)1-5-6(21-5)2-8(18)20-4-10(14,15)16/h5-6H,1-4H2. The molecule has 0 aliphatic carbocycles. The Labute approximate surface area is 151 Å². The first kappa shape index (κ1) is 19.7. The molecule has 5 nitrogen and oxygen atoms in total. The molecule has 11 heteroatoms. The van der Waals surface area contributed by atoms with Crippen LogP contribution in [-0.4, -0.2) is 44.9 Å². The Kier molecular flexibility index (Phi) is 7.46. The van der Waals surface area contributed by atoms with E-state index in [1.165, 1.54) is 0 Å². The van der Waals surface area contributed by atoms with Gasteiger partial charge in [-0.1, -0.05) is 69.6 Å². The van der Waals surface area contributed by atoms with Crippen LogP contribution in [0.2, 0.25) is 0 Å². The van der Waals surface area contributed by atoms with Crippen molar-refractivity contribution in [2.24, 2.45) is 0 Å². The van der Waals surface area contributed by atoms with E-state index >= 15 is 0 Å². The Morgan fingerprint density at radius 2 is 1.14 bits per heavy atom. The minimum atomic E-state index is -1.67. The molecule has 0 N–H and O–H groups in total. The Hall–Kier alpha value is 0.640. The maximum absolute atomic E-state index is 11.4. The molecule has 2 atom stereocenters. The predicted molar refractivity (Wildman–Crippen MR) is 80.4 cm³/mol. The number of carbonyl (C=O) groups is 2. The molecule has 1 fully saturated rings. The van der Waals surface area contributed by atoms with E-state index in [2.05, 4.69) is 0 Å². The zero-order chi connectivity index (χ0) is 16.3. The van der Waals surface area contributed by atoms with Gasteiger partial charge in [-0.05, 0) is 0 Å². The smallest absolute Gasteiger partial charge is 0.308 e. The van der Waals surface area contributed by atoms with Gasteiger partial charge in [0.05, 0.1) is 25.0 Å². The molecule has 0 bridgehead atoms. The van der Waals surface area contributed by atoms with Crippen molar-refractivity contribution in [3.8, 4) is 0 Å². The third-order valence-electron chi connectivity index (χ3n) is 2.22. The van der Waals surface area contributed by atoms with E-state index in [1.807, 2.05) is 0 Å². The molecule has 0 radical (unpaired) electrons. The van der Waals surface area contributed by atoms with Crippen molar-refractivity contribution in [1.29, 1.82) is 0 Å². The molecule has 1 aliphatic heterocycles. The van der Waals surface area contributed by atoms with Crippen molar-refractivity contribution in [3.05, 3.63) is 0 Å². The molecule has 21 heavy (non-hydrogen) atoms. The van der Waals surface area contributed by atoms with Crippen LogP contribution in [0.1, 0.15) is 12.8 Å². The van der Waals surface area contributed by atoms with E-state index in [-0.39, 0.29) is 26.1 Å². The van der Waals surface area contributed by atoms with E-state index in [4.69, 9.17) is 83.8 Å². The number of hydrogen-bond donors (Lipinski definition) is 0.